The molecule has 0 heterocycles. The van der Waals surface area contributed by atoms with E-state index in [4.69, 9.17) is 5.73 Å². The van der Waals surface area contributed by atoms with E-state index in [9.17, 15) is 0 Å². The second kappa shape index (κ2) is 14.7. The van der Waals surface area contributed by atoms with Crippen LogP contribution in [0, 0.1) is 41.5 Å². The van der Waals surface area contributed by atoms with E-state index >= 15 is 0 Å². The van der Waals surface area contributed by atoms with Gasteiger partial charge < -0.3 is 5.73 Å². The van der Waals surface area contributed by atoms with E-state index in [1.54, 1.807) is 0 Å². The zero-order chi connectivity index (χ0) is 35.7. The Kier molecular flexibility index (Phi) is 10.4. The van der Waals surface area contributed by atoms with Crippen LogP contribution in [0.3, 0.4) is 0 Å². The van der Waals surface area contributed by atoms with Crippen LogP contribution >= 0.6 is 0 Å². The van der Waals surface area contributed by atoms with Gasteiger partial charge in [-0.3, -0.25) is 0 Å². The van der Waals surface area contributed by atoms with Crippen molar-refractivity contribution in [3.63, 3.8) is 0 Å². The normalized spacial score (nSPS) is 11.0. The molecule has 7 aromatic rings. The molecule has 0 saturated carbocycles. The molecule has 0 spiro atoms. The van der Waals surface area contributed by atoms with Gasteiger partial charge in [0.25, 0.3) is 0 Å². The summed E-state index contributed by atoms with van der Waals surface area (Å²) in [6.07, 6.45) is 0. The average molecular weight is 848 g/mol. The Bertz CT molecular complexity index is 2190. The number of nitrogen functional groups attached to an aromatic ring is 1. The molecule has 0 amide bonds. The third-order valence-corrected chi connectivity index (χ3v) is 11.2. The van der Waals surface area contributed by atoms with E-state index in [1.165, 1.54) is 75.1 Å². The predicted octanol–water partition coefficient (Wildman–Crippen LogP) is 12.2. The van der Waals surface area contributed by atoms with Crippen molar-refractivity contribution in [2.45, 2.75) is 55.4 Å². The van der Waals surface area contributed by atoms with E-state index in [-0.39, 0.29) is 0 Å². The fourth-order valence-corrected chi connectivity index (χ4v) is 8.38. The third kappa shape index (κ3) is 6.40. The van der Waals surface area contributed by atoms with E-state index < -0.39 is 0 Å². The van der Waals surface area contributed by atoms with Crippen LogP contribution in [-0.2, 0) is 0 Å². The fourth-order valence-electron chi connectivity index (χ4n) is 7.24. The van der Waals surface area contributed by atoms with E-state index in [0.29, 0.717) is 0 Å². The van der Waals surface area contributed by atoms with Crippen LogP contribution in [0.5, 0.6) is 0 Å². The van der Waals surface area contributed by atoms with Gasteiger partial charge in [0.05, 0.1) is 0 Å². The van der Waals surface area contributed by atoms with Crippen LogP contribution in [0.2, 0.25) is 0 Å². The minimum absolute atomic E-state index is 0.747. The zero-order valence-electron chi connectivity index (χ0n) is 30.5. The Hall–Kier alpha value is -4.62. The molecule has 0 bridgehead atoms. The fraction of sp³-hybridized carbons (Fsp3) is 0.174. The second-order valence-electron chi connectivity index (χ2n) is 13.0. The molecule has 50 heavy (non-hydrogen) atoms. The van der Waals surface area contributed by atoms with E-state index in [1.807, 2.05) is 26.0 Å². The van der Waals surface area contributed by atoms with Crippen LogP contribution in [0.15, 0.2) is 121 Å². The zero-order valence-corrected chi connectivity index (χ0v) is 34.4. The summed E-state index contributed by atoms with van der Waals surface area (Å²) in [6, 6.07) is 44.3. The molecular formula is C46H46N3Pb. The summed E-state index contributed by atoms with van der Waals surface area (Å²) in [6.45, 7) is 17.2. The number of hydrogen-bond donors (Lipinski definition) is 1. The Morgan fingerprint density at radius 2 is 0.840 bits per heavy atom. The topological polar surface area (TPSA) is 32.5 Å². The molecule has 7 aromatic carbocycles. The number of anilines is 7. The van der Waals surface area contributed by atoms with Crippen molar-refractivity contribution in [2.75, 3.05) is 15.5 Å². The number of aryl methyl sites for hydroxylation is 6. The van der Waals surface area contributed by atoms with Crippen LogP contribution in [0.1, 0.15) is 47.2 Å². The van der Waals surface area contributed by atoms with Crippen molar-refractivity contribution < 1.29 is 0 Å². The van der Waals surface area contributed by atoms with Gasteiger partial charge in [-0.2, -0.15) is 0 Å². The predicted molar refractivity (Wildman–Crippen MR) is 220 cm³/mol. The molecule has 3 radical (unpaired) electrons. The van der Waals surface area contributed by atoms with Gasteiger partial charge in [0.15, 0.2) is 0 Å². The third-order valence-electron chi connectivity index (χ3n) is 9.52. The second-order valence-corrected chi connectivity index (χ2v) is 15.1. The number of benzene rings is 7. The minimum atomic E-state index is 0.747. The SMILES string of the molecule is CC.Cc1ccc(N(c2ccccc2N)c2ccc(C)c3c2ccc2c(N(c4ccc(C)cc4C)c4cccc[c]4[Pb])ccc(C)c23)c(C)c1. The van der Waals surface area contributed by atoms with Gasteiger partial charge in [0.1, 0.15) is 0 Å². The first-order chi connectivity index (χ1) is 24.1. The molecular weight excluding hydrogens is 802 g/mol. The Morgan fingerprint density at radius 1 is 0.420 bits per heavy atom. The van der Waals surface area contributed by atoms with Crippen LogP contribution in [0.4, 0.5) is 39.8 Å². The van der Waals surface area contributed by atoms with Gasteiger partial charge in [-0.25, -0.2) is 0 Å². The smallest absolute Gasteiger partial charge is 0.0543 e. The summed E-state index contributed by atoms with van der Waals surface area (Å²) in [4.78, 5) is 4.83. The summed E-state index contributed by atoms with van der Waals surface area (Å²) in [5.74, 6) is 0. The number of nitrogens with zero attached hydrogens (tertiary/aromatic N) is 2. The molecule has 7 rings (SSSR count). The molecule has 3 nitrogen and oxygen atoms in total. The molecule has 0 fully saturated rings. The standard InChI is InChI=1S/C44H40N3.C2H6.Pb/c1-28-16-22-38(32(5)26-28)46(34-12-8-7-9-13-34)40-24-18-30(3)43-35(40)20-21-36-41(25-19-31(4)44(36)43)47(42-15-11-10-14-37(42)45)39-23-17-29(2)27-33(39)6;1-2;/h7-12,14-27H,45H2,1-6H3;1-2H3;. The van der Waals surface area contributed by atoms with Crippen molar-refractivity contribution in [2.24, 2.45) is 0 Å². The summed E-state index contributed by atoms with van der Waals surface area (Å²) >= 11 is 0.948. The number of rotatable bonds is 6. The molecule has 0 aliphatic carbocycles. The summed E-state index contributed by atoms with van der Waals surface area (Å²) in [7, 11) is 0. The van der Waals surface area contributed by atoms with Crippen molar-refractivity contribution in [3.8, 4) is 0 Å². The monoisotopic (exact) mass is 848 g/mol. The van der Waals surface area contributed by atoms with E-state index in [0.717, 1.165) is 48.5 Å². The number of nitrogens with two attached hydrogens (primary N) is 1. The number of para-hydroxylation sites is 3. The van der Waals surface area contributed by atoms with Crippen molar-refractivity contribution >= 4 is 90.2 Å². The Morgan fingerprint density at radius 3 is 1.30 bits per heavy atom. The molecule has 0 unspecified atom stereocenters. The molecule has 0 aromatic heterocycles. The van der Waals surface area contributed by atoms with Crippen LogP contribution < -0.4 is 18.7 Å². The molecule has 0 saturated heterocycles. The summed E-state index contributed by atoms with van der Waals surface area (Å²) in [5.41, 5.74) is 21.8. The average Bonchev–Trinajstić information content (AvgIpc) is 3.10. The first-order valence-electron chi connectivity index (χ1n) is 17.5. The van der Waals surface area contributed by atoms with Crippen molar-refractivity contribution in [1.29, 1.82) is 0 Å². The quantitative estimate of drug-likeness (QED) is 0.103. The Labute approximate surface area is 314 Å². The number of fused-ring (bicyclic) bond motifs is 3. The summed E-state index contributed by atoms with van der Waals surface area (Å²) < 4.78 is 1.37. The molecule has 0 atom stereocenters. The molecule has 0 aliphatic heterocycles. The molecule has 249 valence electrons. The maximum absolute atomic E-state index is 6.72. The molecule has 4 heteroatoms. The summed E-state index contributed by atoms with van der Waals surface area (Å²) in [5, 5.41) is 5.00. The number of hydrogen-bond acceptors (Lipinski definition) is 3. The van der Waals surface area contributed by atoms with E-state index in [2.05, 4.69) is 161 Å². The first-order valence-corrected chi connectivity index (χ1v) is 19.4. The maximum atomic E-state index is 6.72. The minimum Gasteiger partial charge on any atom is -0.0543 e. The Balaban J connectivity index is 0.00000212. The van der Waals surface area contributed by atoms with Gasteiger partial charge in [0.2, 0.25) is 0 Å². The van der Waals surface area contributed by atoms with Crippen molar-refractivity contribution in [1.82, 2.24) is 0 Å². The molecule has 0 aliphatic rings. The van der Waals surface area contributed by atoms with Crippen LogP contribution in [-0.4, -0.2) is 25.8 Å². The van der Waals surface area contributed by atoms with Gasteiger partial charge in [-0.1, -0.05) is 43.7 Å². The van der Waals surface area contributed by atoms with Gasteiger partial charge >= 0.3 is 247 Å². The van der Waals surface area contributed by atoms with Gasteiger partial charge in [-0.15, -0.1) is 0 Å². The molecule has 2 N–H and O–H groups in total. The van der Waals surface area contributed by atoms with Crippen LogP contribution in [0.25, 0.3) is 21.5 Å². The first kappa shape index (κ1) is 35.2. The van der Waals surface area contributed by atoms with Gasteiger partial charge in [0, 0.05) is 0 Å². The van der Waals surface area contributed by atoms with Gasteiger partial charge in [-0.05, 0) is 19.9 Å². The van der Waals surface area contributed by atoms with Crippen molar-refractivity contribution in [3.05, 3.63) is 155 Å².